The first-order valence-electron chi connectivity index (χ1n) is 5.11. The van der Waals surface area contributed by atoms with Gasteiger partial charge in [-0.15, -0.1) is 0 Å². The summed E-state index contributed by atoms with van der Waals surface area (Å²) in [6.45, 7) is 4.28. The van der Waals surface area contributed by atoms with Gasteiger partial charge in [-0.05, 0) is 25.8 Å². The van der Waals surface area contributed by atoms with E-state index in [4.69, 9.17) is 4.74 Å². The fourth-order valence-electron chi connectivity index (χ4n) is 1.21. The van der Waals surface area contributed by atoms with Crippen LogP contribution in [0.3, 0.4) is 0 Å². The normalized spacial score (nSPS) is 10.5. The third-order valence-electron chi connectivity index (χ3n) is 2.01. The van der Waals surface area contributed by atoms with Crippen LogP contribution >= 0.6 is 0 Å². The summed E-state index contributed by atoms with van der Waals surface area (Å²) in [6.07, 6.45) is 4.06. The molecule has 0 aliphatic heterocycles. The molecule has 0 heterocycles. The molecule has 0 spiro atoms. The summed E-state index contributed by atoms with van der Waals surface area (Å²) in [6, 6.07) is 8.25. The molecular weight excluding hydrogens is 188 g/mol. The van der Waals surface area contributed by atoms with Crippen LogP contribution in [-0.4, -0.2) is 12.6 Å². The summed E-state index contributed by atoms with van der Waals surface area (Å²) >= 11 is 0. The highest BCUT2D eigenvalue weighted by molar-refractivity contribution is 5.81. The van der Waals surface area contributed by atoms with E-state index in [2.05, 4.69) is 31.2 Å². The molecule has 0 saturated heterocycles. The molecule has 0 aliphatic rings. The first kappa shape index (κ1) is 11.5. The smallest absolute Gasteiger partial charge is 0.330 e. The van der Waals surface area contributed by atoms with Crippen molar-refractivity contribution in [1.29, 1.82) is 0 Å². The van der Waals surface area contributed by atoms with Gasteiger partial charge in [-0.1, -0.05) is 35.9 Å². The third kappa shape index (κ3) is 4.45. The van der Waals surface area contributed by atoms with Crippen molar-refractivity contribution in [3.05, 3.63) is 47.5 Å². The molecule has 0 saturated carbocycles. The predicted octanol–water partition coefficient (Wildman–Crippen LogP) is 2.66. The SMILES string of the molecule is CCOC(=O)/C=C/Cc1ccc(C)cc1. The van der Waals surface area contributed by atoms with Crippen molar-refractivity contribution in [3.8, 4) is 0 Å². The minimum absolute atomic E-state index is 0.274. The Labute approximate surface area is 90.6 Å². The number of carbonyl (C=O) groups excluding carboxylic acids is 1. The van der Waals surface area contributed by atoms with Crippen LogP contribution in [0.15, 0.2) is 36.4 Å². The van der Waals surface area contributed by atoms with E-state index in [-0.39, 0.29) is 5.97 Å². The maximum Gasteiger partial charge on any atom is 0.330 e. The first-order valence-corrected chi connectivity index (χ1v) is 5.11. The molecule has 0 bridgehead atoms. The highest BCUT2D eigenvalue weighted by Crippen LogP contribution is 2.04. The maximum atomic E-state index is 11.0. The van der Waals surface area contributed by atoms with Gasteiger partial charge in [0.05, 0.1) is 6.61 Å². The van der Waals surface area contributed by atoms with Crippen molar-refractivity contribution in [3.63, 3.8) is 0 Å². The van der Waals surface area contributed by atoms with E-state index in [0.717, 1.165) is 6.42 Å². The second kappa shape index (κ2) is 6.02. The monoisotopic (exact) mass is 204 g/mol. The van der Waals surface area contributed by atoms with Crippen molar-refractivity contribution in [2.24, 2.45) is 0 Å². The molecule has 1 aromatic carbocycles. The molecule has 0 radical (unpaired) electrons. The van der Waals surface area contributed by atoms with E-state index in [1.54, 1.807) is 6.92 Å². The summed E-state index contributed by atoms with van der Waals surface area (Å²) in [5, 5.41) is 0. The van der Waals surface area contributed by atoms with Crippen LogP contribution in [0.4, 0.5) is 0 Å². The van der Waals surface area contributed by atoms with Crippen LogP contribution in [0.25, 0.3) is 0 Å². The van der Waals surface area contributed by atoms with Gasteiger partial charge < -0.3 is 4.74 Å². The molecule has 1 aromatic rings. The Kier molecular flexibility index (Phi) is 4.61. The lowest BCUT2D eigenvalue weighted by Crippen LogP contribution is -1.99. The predicted molar refractivity (Wildman–Crippen MR) is 60.7 cm³/mol. The molecule has 0 unspecified atom stereocenters. The zero-order chi connectivity index (χ0) is 11.1. The van der Waals surface area contributed by atoms with Gasteiger partial charge in [-0.3, -0.25) is 0 Å². The second-order valence-corrected chi connectivity index (χ2v) is 3.34. The van der Waals surface area contributed by atoms with Crippen molar-refractivity contribution >= 4 is 5.97 Å². The van der Waals surface area contributed by atoms with Gasteiger partial charge in [-0.2, -0.15) is 0 Å². The highest BCUT2D eigenvalue weighted by atomic mass is 16.5. The maximum absolute atomic E-state index is 11.0. The van der Waals surface area contributed by atoms with Gasteiger partial charge in [0.15, 0.2) is 0 Å². The van der Waals surface area contributed by atoms with Crippen LogP contribution in [0.1, 0.15) is 18.1 Å². The van der Waals surface area contributed by atoms with Gasteiger partial charge in [0.25, 0.3) is 0 Å². The lowest BCUT2D eigenvalue weighted by atomic mass is 10.1. The lowest BCUT2D eigenvalue weighted by Gasteiger charge is -1.97. The van der Waals surface area contributed by atoms with Gasteiger partial charge in [0.1, 0.15) is 0 Å². The van der Waals surface area contributed by atoms with Crippen molar-refractivity contribution < 1.29 is 9.53 Å². The molecular formula is C13H16O2. The Morgan fingerprint density at radius 1 is 1.33 bits per heavy atom. The van der Waals surface area contributed by atoms with Crippen LogP contribution in [-0.2, 0) is 16.0 Å². The molecule has 2 heteroatoms. The number of ether oxygens (including phenoxy) is 1. The molecule has 0 fully saturated rings. The van der Waals surface area contributed by atoms with Crippen molar-refractivity contribution in [2.75, 3.05) is 6.61 Å². The standard InChI is InChI=1S/C13H16O2/c1-3-15-13(14)6-4-5-12-9-7-11(2)8-10-12/h4,6-10H,3,5H2,1-2H3/b6-4+. The Bertz CT molecular complexity index is 336. The van der Waals surface area contributed by atoms with E-state index in [0.29, 0.717) is 6.61 Å². The molecule has 2 nitrogen and oxygen atoms in total. The summed E-state index contributed by atoms with van der Waals surface area (Å²) in [4.78, 5) is 11.0. The number of benzene rings is 1. The number of esters is 1. The second-order valence-electron chi connectivity index (χ2n) is 3.34. The first-order chi connectivity index (χ1) is 7.22. The van der Waals surface area contributed by atoms with Gasteiger partial charge >= 0.3 is 5.97 Å². The third-order valence-corrected chi connectivity index (χ3v) is 2.01. The Hall–Kier alpha value is -1.57. The summed E-state index contributed by atoms with van der Waals surface area (Å²) in [5.74, 6) is -0.274. The van der Waals surface area contributed by atoms with E-state index >= 15 is 0 Å². The fraction of sp³-hybridized carbons (Fsp3) is 0.308. The summed E-state index contributed by atoms with van der Waals surface area (Å²) < 4.78 is 4.77. The number of aryl methyl sites for hydroxylation is 1. The Morgan fingerprint density at radius 2 is 2.00 bits per heavy atom. The number of hydrogen-bond donors (Lipinski definition) is 0. The average Bonchev–Trinajstić information content (AvgIpc) is 2.21. The number of allylic oxidation sites excluding steroid dienone is 1. The van der Waals surface area contributed by atoms with Crippen LogP contribution in [0, 0.1) is 6.92 Å². The van der Waals surface area contributed by atoms with Gasteiger partial charge in [-0.25, -0.2) is 4.79 Å². The fourth-order valence-corrected chi connectivity index (χ4v) is 1.21. The Morgan fingerprint density at radius 3 is 2.60 bits per heavy atom. The minimum atomic E-state index is -0.274. The molecule has 1 rings (SSSR count). The zero-order valence-corrected chi connectivity index (χ0v) is 9.19. The molecule has 80 valence electrons. The highest BCUT2D eigenvalue weighted by Gasteiger charge is 1.93. The average molecular weight is 204 g/mol. The Balaban J connectivity index is 2.43. The minimum Gasteiger partial charge on any atom is -0.463 e. The molecule has 0 N–H and O–H groups in total. The van der Waals surface area contributed by atoms with E-state index in [1.807, 2.05) is 6.08 Å². The lowest BCUT2D eigenvalue weighted by molar-refractivity contribution is -0.137. The van der Waals surface area contributed by atoms with E-state index < -0.39 is 0 Å². The van der Waals surface area contributed by atoms with Crippen LogP contribution < -0.4 is 0 Å². The molecule has 0 amide bonds. The van der Waals surface area contributed by atoms with E-state index in [1.165, 1.54) is 17.2 Å². The zero-order valence-electron chi connectivity index (χ0n) is 9.19. The van der Waals surface area contributed by atoms with Crippen molar-refractivity contribution in [2.45, 2.75) is 20.3 Å². The largest absolute Gasteiger partial charge is 0.463 e. The molecule has 15 heavy (non-hydrogen) atoms. The topological polar surface area (TPSA) is 26.3 Å². The number of carbonyl (C=O) groups is 1. The molecule has 0 atom stereocenters. The van der Waals surface area contributed by atoms with Crippen molar-refractivity contribution in [1.82, 2.24) is 0 Å². The van der Waals surface area contributed by atoms with E-state index in [9.17, 15) is 4.79 Å². The van der Waals surface area contributed by atoms with Crippen LogP contribution in [0.5, 0.6) is 0 Å². The molecule has 0 aliphatic carbocycles. The quantitative estimate of drug-likeness (QED) is 0.556. The number of hydrogen-bond acceptors (Lipinski definition) is 2. The number of rotatable bonds is 4. The summed E-state index contributed by atoms with van der Waals surface area (Å²) in [7, 11) is 0. The summed E-state index contributed by atoms with van der Waals surface area (Å²) in [5.41, 5.74) is 2.44. The van der Waals surface area contributed by atoms with Gasteiger partial charge in [0, 0.05) is 6.08 Å². The van der Waals surface area contributed by atoms with Gasteiger partial charge in [0.2, 0.25) is 0 Å². The molecule has 0 aromatic heterocycles. The van der Waals surface area contributed by atoms with Crippen LogP contribution in [0.2, 0.25) is 0 Å².